The first-order valence-electron chi connectivity index (χ1n) is 7.34. The second kappa shape index (κ2) is 6.55. The lowest BCUT2D eigenvalue weighted by Crippen LogP contribution is -2.48. The lowest BCUT2D eigenvalue weighted by Gasteiger charge is -2.28. The predicted octanol–water partition coefficient (Wildman–Crippen LogP) is 2.69. The molecule has 1 rings (SSSR count). The lowest BCUT2D eigenvalue weighted by molar-refractivity contribution is -0.124. The fraction of sp³-hybridized carbons (Fsp3) is 0.933. The Morgan fingerprint density at radius 1 is 1.28 bits per heavy atom. The molecule has 3 nitrogen and oxygen atoms in total. The summed E-state index contributed by atoms with van der Waals surface area (Å²) in [6.45, 7) is 9.11. The van der Waals surface area contributed by atoms with E-state index in [-0.39, 0.29) is 11.3 Å². The van der Waals surface area contributed by atoms with Crippen molar-refractivity contribution in [3.8, 4) is 0 Å². The van der Waals surface area contributed by atoms with Gasteiger partial charge in [-0.25, -0.2) is 0 Å². The van der Waals surface area contributed by atoms with Gasteiger partial charge in [0.1, 0.15) is 0 Å². The molecule has 0 heterocycles. The third-order valence-electron chi connectivity index (χ3n) is 4.20. The Hall–Kier alpha value is -0.570. The molecule has 1 unspecified atom stereocenters. The molecule has 1 aliphatic rings. The molecule has 1 aliphatic carbocycles. The average Bonchev–Trinajstić information content (AvgIpc) is 2.29. The van der Waals surface area contributed by atoms with E-state index in [1.165, 1.54) is 25.7 Å². The molecule has 3 N–H and O–H groups in total. The third kappa shape index (κ3) is 4.97. The van der Waals surface area contributed by atoms with Gasteiger partial charge in [0.15, 0.2) is 0 Å². The molecule has 1 amide bonds. The van der Waals surface area contributed by atoms with Crippen LogP contribution in [0.3, 0.4) is 0 Å². The summed E-state index contributed by atoms with van der Waals surface area (Å²) in [6, 6.07) is -0.413. The topological polar surface area (TPSA) is 55.1 Å². The zero-order valence-electron chi connectivity index (χ0n) is 12.5. The molecule has 1 atom stereocenters. The van der Waals surface area contributed by atoms with Crippen LogP contribution in [-0.2, 0) is 4.79 Å². The monoisotopic (exact) mass is 254 g/mol. The standard InChI is InChI=1S/C15H30N2O/c1-11-5-7-12(8-6-11)9-10-17-14(18)13(16)15(2,3)4/h11-13H,5-10,16H2,1-4H3,(H,17,18). The summed E-state index contributed by atoms with van der Waals surface area (Å²) in [5.41, 5.74) is 5.76. The first-order valence-corrected chi connectivity index (χ1v) is 7.34. The van der Waals surface area contributed by atoms with E-state index in [0.717, 1.165) is 24.8 Å². The van der Waals surface area contributed by atoms with Crippen LogP contribution in [0.4, 0.5) is 0 Å². The minimum Gasteiger partial charge on any atom is -0.355 e. The summed E-state index contributed by atoms with van der Waals surface area (Å²) in [4.78, 5) is 11.8. The summed E-state index contributed by atoms with van der Waals surface area (Å²) in [5, 5.41) is 2.98. The molecule has 1 fully saturated rings. The van der Waals surface area contributed by atoms with Crippen molar-refractivity contribution >= 4 is 5.91 Å². The number of rotatable bonds is 4. The average molecular weight is 254 g/mol. The van der Waals surface area contributed by atoms with Crippen LogP contribution in [0.1, 0.15) is 59.8 Å². The molecule has 3 heteroatoms. The van der Waals surface area contributed by atoms with Crippen molar-refractivity contribution in [2.45, 2.75) is 65.8 Å². The van der Waals surface area contributed by atoms with Crippen molar-refractivity contribution in [2.24, 2.45) is 23.0 Å². The lowest BCUT2D eigenvalue weighted by atomic mass is 9.81. The number of hydrogen-bond donors (Lipinski definition) is 2. The highest BCUT2D eigenvalue weighted by atomic mass is 16.2. The first-order chi connectivity index (χ1) is 8.30. The van der Waals surface area contributed by atoms with Gasteiger partial charge < -0.3 is 11.1 Å². The van der Waals surface area contributed by atoms with E-state index in [2.05, 4.69) is 12.2 Å². The summed E-state index contributed by atoms with van der Waals surface area (Å²) in [7, 11) is 0. The molecular formula is C15H30N2O. The van der Waals surface area contributed by atoms with E-state index in [1.807, 2.05) is 20.8 Å². The Morgan fingerprint density at radius 3 is 2.33 bits per heavy atom. The van der Waals surface area contributed by atoms with Gasteiger partial charge >= 0.3 is 0 Å². The number of nitrogens with two attached hydrogens (primary N) is 1. The Bertz CT molecular complexity index is 262. The van der Waals surface area contributed by atoms with Gasteiger partial charge in [-0.05, 0) is 23.7 Å². The maximum Gasteiger partial charge on any atom is 0.237 e. The second-order valence-electron chi connectivity index (χ2n) is 7.05. The van der Waals surface area contributed by atoms with Crippen molar-refractivity contribution in [1.82, 2.24) is 5.32 Å². The largest absolute Gasteiger partial charge is 0.355 e. The van der Waals surface area contributed by atoms with Crippen LogP contribution in [0.15, 0.2) is 0 Å². The third-order valence-corrected chi connectivity index (χ3v) is 4.20. The van der Waals surface area contributed by atoms with Crippen LogP contribution in [0.5, 0.6) is 0 Å². The van der Waals surface area contributed by atoms with Crippen LogP contribution in [0, 0.1) is 17.3 Å². The summed E-state index contributed by atoms with van der Waals surface area (Å²) < 4.78 is 0. The van der Waals surface area contributed by atoms with E-state index >= 15 is 0 Å². The fourth-order valence-corrected chi connectivity index (χ4v) is 2.52. The molecule has 0 aromatic rings. The van der Waals surface area contributed by atoms with E-state index in [0.29, 0.717) is 0 Å². The van der Waals surface area contributed by atoms with E-state index in [1.54, 1.807) is 0 Å². The SMILES string of the molecule is CC1CCC(CCNC(=O)C(N)C(C)(C)C)CC1. The molecule has 0 spiro atoms. The summed E-state index contributed by atoms with van der Waals surface area (Å²) >= 11 is 0. The van der Waals surface area contributed by atoms with Gasteiger partial charge in [0.25, 0.3) is 0 Å². The minimum atomic E-state index is -0.413. The van der Waals surface area contributed by atoms with Gasteiger partial charge in [0.2, 0.25) is 5.91 Å². The van der Waals surface area contributed by atoms with Crippen molar-refractivity contribution in [1.29, 1.82) is 0 Å². The van der Waals surface area contributed by atoms with Crippen LogP contribution >= 0.6 is 0 Å². The molecule has 0 radical (unpaired) electrons. The molecule has 1 saturated carbocycles. The Labute approximate surface area is 112 Å². The van der Waals surface area contributed by atoms with Crippen LogP contribution in [0.25, 0.3) is 0 Å². The quantitative estimate of drug-likeness (QED) is 0.810. The molecular weight excluding hydrogens is 224 g/mol. The van der Waals surface area contributed by atoms with Gasteiger partial charge in [0, 0.05) is 6.54 Å². The maximum atomic E-state index is 11.8. The van der Waals surface area contributed by atoms with Gasteiger partial charge in [-0.1, -0.05) is 53.4 Å². The Morgan fingerprint density at radius 2 is 1.83 bits per heavy atom. The minimum absolute atomic E-state index is 0.00771. The van der Waals surface area contributed by atoms with Crippen molar-refractivity contribution in [3.05, 3.63) is 0 Å². The Kier molecular flexibility index (Phi) is 5.64. The van der Waals surface area contributed by atoms with Crippen LogP contribution < -0.4 is 11.1 Å². The second-order valence-corrected chi connectivity index (χ2v) is 7.05. The van der Waals surface area contributed by atoms with E-state index < -0.39 is 6.04 Å². The zero-order chi connectivity index (χ0) is 13.8. The van der Waals surface area contributed by atoms with Crippen molar-refractivity contribution < 1.29 is 4.79 Å². The van der Waals surface area contributed by atoms with Crippen LogP contribution in [-0.4, -0.2) is 18.5 Å². The Balaban J connectivity index is 2.20. The number of carbonyl (C=O) groups excluding carboxylic acids is 1. The highest BCUT2D eigenvalue weighted by molar-refractivity contribution is 5.82. The van der Waals surface area contributed by atoms with E-state index in [4.69, 9.17) is 5.73 Å². The zero-order valence-corrected chi connectivity index (χ0v) is 12.5. The predicted molar refractivity (Wildman–Crippen MR) is 76.2 cm³/mol. The van der Waals surface area contributed by atoms with Gasteiger partial charge in [0.05, 0.1) is 6.04 Å². The smallest absolute Gasteiger partial charge is 0.237 e. The molecule has 0 aliphatic heterocycles. The molecule has 106 valence electrons. The maximum absolute atomic E-state index is 11.8. The number of hydrogen-bond acceptors (Lipinski definition) is 2. The van der Waals surface area contributed by atoms with Gasteiger partial charge in [-0.15, -0.1) is 0 Å². The normalized spacial score (nSPS) is 26.7. The fourth-order valence-electron chi connectivity index (χ4n) is 2.52. The summed E-state index contributed by atoms with van der Waals surface area (Å²) in [6.07, 6.45) is 6.44. The highest BCUT2D eigenvalue weighted by Crippen LogP contribution is 2.29. The van der Waals surface area contributed by atoms with Crippen LogP contribution in [0.2, 0.25) is 0 Å². The first kappa shape index (κ1) is 15.5. The van der Waals surface area contributed by atoms with Crippen molar-refractivity contribution in [2.75, 3.05) is 6.54 Å². The van der Waals surface area contributed by atoms with Gasteiger partial charge in [-0.3, -0.25) is 4.79 Å². The van der Waals surface area contributed by atoms with Gasteiger partial charge in [-0.2, -0.15) is 0 Å². The molecule has 0 saturated heterocycles. The molecule has 0 aromatic carbocycles. The molecule has 0 bridgehead atoms. The number of amides is 1. The molecule has 0 aromatic heterocycles. The number of nitrogens with one attached hydrogen (secondary N) is 1. The highest BCUT2D eigenvalue weighted by Gasteiger charge is 2.27. The molecule has 18 heavy (non-hydrogen) atoms. The van der Waals surface area contributed by atoms with E-state index in [9.17, 15) is 4.79 Å². The van der Waals surface area contributed by atoms with Crippen molar-refractivity contribution in [3.63, 3.8) is 0 Å². The number of carbonyl (C=O) groups is 1. The summed E-state index contributed by atoms with van der Waals surface area (Å²) in [5.74, 6) is 1.68.